The van der Waals surface area contributed by atoms with E-state index < -0.39 is 0 Å². The molecule has 0 fully saturated rings. The molecule has 1 unspecified atom stereocenters. The van der Waals surface area contributed by atoms with Gasteiger partial charge in [-0.2, -0.15) is 0 Å². The van der Waals surface area contributed by atoms with E-state index in [9.17, 15) is 4.79 Å². The van der Waals surface area contributed by atoms with Crippen LogP contribution in [0.1, 0.15) is 54.9 Å². The van der Waals surface area contributed by atoms with Gasteiger partial charge in [0.25, 0.3) is 0 Å². The van der Waals surface area contributed by atoms with Crippen molar-refractivity contribution in [2.24, 2.45) is 0 Å². The minimum Gasteiger partial charge on any atom is -0.350 e. The molecular weight excluding hydrogens is 188 g/mol. The average molecular weight is 214 g/mol. The monoisotopic (exact) mass is 214 g/mol. The molecule has 0 heterocycles. The molecule has 0 radical (unpaired) electrons. The van der Waals surface area contributed by atoms with Crippen molar-refractivity contribution in [1.29, 1.82) is 0 Å². The molecule has 0 aliphatic carbocycles. The normalized spacial score (nSPS) is 14.9. The number of hydrogen-bond acceptors (Lipinski definition) is 2. The van der Waals surface area contributed by atoms with Crippen LogP contribution >= 0.6 is 0 Å². The third-order valence-electron chi connectivity index (χ3n) is 2.38. The third-order valence-corrected chi connectivity index (χ3v) is 2.38. The quantitative estimate of drug-likeness (QED) is 0.752. The summed E-state index contributed by atoms with van der Waals surface area (Å²) >= 11 is 0. The topological polar surface area (TPSA) is 41.1 Å². The first-order valence-electron chi connectivity index (χ1n) is 5.67. The number of rotatable bonds is 4. The molecule has 0 aliphatic heterocycles. The van der Waals surface area contributed by atoms with Gasteiger partial charge in [-0.3, -0.25) is 4.79 Å². The van der Waals surface area contributed by atoms with Crippen molar-refractivity contribution in [2.45, 2.75) is 72.0 Å². The molecule has 0 rings (SSSR count). The lowest BCUT2D eigenvalue weighted by molar-refractivity contribution is -0.124. The number of carbonyl (C=O) groups excluding carboxylic acids is 1. The van der Waals surface area contributed by atoms with E-state index in [2.05, 4.69) is 31.4 Å². The maximum atomic E-state index is 11.8. The lowest BCUT2D eigenvalue weighted by atomic mass is 10.0. The zero-order valence-electron chi connectivity index (χ0n) is 11.2. The lowest BCUT2D eigenvalue weighted by Gasteiger charge is -2.30. The third kappa shape index (κ3) is 6.50. The Kier molecular flexibility index (Phi) is 4.78. The highest BCUT2D eigenvalue weighted by Crippen LogP contribution is 2.09. The first kappa shape index (κ1) is 14.4. The molecule has 0 saturated carbocycles. The Morgan fingerprint density at radius 2 is 1.67 bits per heavy atom. The van der Waals surface area contributed by atoms with Crippen LogP contribution in [0.5, 0.6) is 0 Å². The van der Waals surface area contributed by atoms with Gasteiger partial charge in [-0.15, -0.1) is 0 Å². The number of amides is 1. The second-order valence-electron chi connectivity index (χ2n) is 5.84. The molecule has 0 aromatic rings. The standard InChI is InChI=1S/C12H26N2O/c1-8-12(6,7)13-9(2)10(15)14-11(3,4)5/h9,13H,8H2,1-7H3,(H,14,15). The van der Waals surface area contributed by atoms with E-state index in [0.717, 1.165) is 6.42 Å². The van der Waals surface area contributed by atoms with Gasteiger partial charge in [-0.1, -0.05) is 6.92 Å². The fourth-order valence-corrected chi connectivity index (χ4v) is 1.23. The number of nitrogens with one attached hydrogen (secondary N) is 2. The van der Waals surface area contributed by atoms with Gasteiger partial charge in [0.1, 0.15) is 0 Å². The molecule has 3 heteroatoms. The summed E-state index contributed by atoms with van der Waals surface area (Å²) in [7, 11) is 0. The highest BCUT2D eigenvalue weighted by molar-refractivity contribution is 5.82. The van der Waals surface area contributed by atoms with Crippen molar-refractivity contribution in [3.63, 3.8) is 0 Å². The Labute approximate surface area is 94.0 Å². The summed E-state index contributed by atoms with van der Waals surface area (Å²) in [6.07, 6.45) is 1.00. The first-order valence-corrected chi connectivity index (χ1v) is 5.67. The van der Waals surface area contributed by atoms with Crippen LogP contribution in [-0.2, 0) is 4.79 Å². The SMILES string of the molecule is CCC(C)(C)NC(C)C(=O)NC(C)(C)C. The van der Waals surface area contributed by atoms with Crippen molar-refractivity contribution in [2.75, 3.05) is 0 Å². The molecule has 0 aromatic carbocycles. The summed E-state index contributed by atoms with van der Waals surface area (Å²) in [5, 5.41) is 6.28. The van der Waals surface area contributed by atoms with Crippen molar-refractivity contribution in [3.05, 3.63) is 0 Å². The van der Waals surface area contributed by atoms with Gasteiger partial charge >= 0.3 is 0 Å². The molecule has 0 saturated heterocycles. The van der Waals surface area contributed by atoms with E-state index >= 15 is 0 Å². The summed E-state index contributed by atoms with van der Waals surface area (Å²) < 4.78 is 0. The molecule has 0 aromatic heterocycles. The summed E-state index contributed by atoms with van der Waals surface area (Å²) in [5.41, 5.74) is -0.155. The molecule has 0 bridgehead atoms. The molecule has 2 N–H and O–H groups in total. The molecular formula is C12H26N2O. The van der Waals surface area contributed by atoms with Crippen molar-refractivity contribution in [3.8, 4) is 0 Å². The zero-order chi connectivity index (χ0) is 12.3. The molecule has 1 atom stereocenters. The smallest absolute Gasteiger partial charge is 0.237 e. The van der Waals surface area contributed by atoms with Crippen LogP contribution in [0.15, 0.2) is 0 Å². The maximum Gasteiger partial charge on any atom is 0.237 e. The van der Waals surface area contributed by atoms with Gasteiger partial charge in [0, 0.05) is 11.1 Å². The van der Waals surface area contributed by atoms with Crippen LogP contribution in [-0.4, -0.2) is 23.0 Å². The summed E-state index contributed by atoms with van der Waals surface area (Å²) in [6.45, 7) is 14.2. The van der Waals surface area contributed by atoms with Crippen LogP contribution in [0.3, 0.4) is 0 Å². The van der Waals surface area contributed by atoms with E-state index in [1.165, 1.54) is 0 Å². The molecule has 1 amide bonds. The van der Waals surface area contributed by atoms with Gasteiger partial charge in [-0.05, 0) is 48.0 Å². The highest BCUT2D eigenvalue weighted by Gasteiger charge is 2.24. The van der Waals surface area contributed by atoms with Crippen LogP contribution in [0.25, 0.3) is 0 Å². The predicted molar refractivity (Wildman–Crippen MR) is 64.9 cm³/mol. The van der Waals surface area contributed by atoms with Crippen LogP contribution in [0.2, 0.25) is 0 Å². The van der Waals surface area contributed by atoms with Crippen LogP contribution < -0.4 is 10.6 Å². The van der Waals surface area contributed by atoms with Gasteiger partial charge in [0.05, 0.1) is 6.04 Å². The van der Waals surface area contributed by atoms with Gasteiger partial charge in [-0.25, -0.2) is 0 Å². The summed E-state index contributed by atoms with van der Waals surface area (Å²) in [4.78, 5) is 11.8. The average Bonchev–Trinajstić information content (AvgIpc) is 2.00. The Morgan fingerprint density at radius 3 is 2.00 bits per heavy atom. The predicted octanol–water partition coefficient (Wildman–Crippen LogP) is 2.07. The Morgan fingerprint density at radius 1 is 1.20 bits per heavy atom. The molecule has 0 aliphatic rings. The van der Waals surface area contributed by atoms with Gasteiger partial charge in [0.2, 0.25) is 5.91 Å². The van der Waals surface area contributed by atoms with Gasteiger partial charge < -0.3 is 10.6 Å². The number of carbonyl (C=O) groups is 1. The second kappa shape index (κ2) is 4.97. The van der Waals surface area contributed by atoms with E-state index in [4.69, 9.17) is 0 Å². The van der Waals surface area contributed by atoms with E-state index in [1.54, 1.807) is 0 Å². The van der Waals surface area contributed by atoms with Crippen molar-refractivity contribution >= 4 is 5.91 Å². The van der Waals surface area contributed by atoms with Crippen LogP contribution in [0, 0.1) is 0 Å². The first-order chi connectivity index (χ1) is 6.57. The zero-order valence-corrected chi connectivity index (χ0v) is 11.2. The second-order valence-corrected chi connectivity index (χ2v) is 5.84. The fraction of sp³-hybridized carbons (Fsp3) is 0.917. The van der Waals surface area contributed by atoms with Crippen molar-refractivity contribution < 1.29 is 4.79 Å². The highest BCUT2D eigenvalue weighted by atomic mass is 16.2. The summed E-state index contributed by atoms with van der Waals surface area (Å²) in [5.74, 6) is 0.0593. The molecule has 0 spiro atoms. The fourth-order valence-electron chi connectivity index (χ4n) is 1.23. The molecule has 90 valence electrons. The lowest BCUT2D eigenvalue weighted by Crippen LogP contribution is -2.54. The summed E-state index contributed by atoms with van der Waals surface area (Å²) in [6, 6.07) is -0.154. The minimum atomic E-state index is -0.163. The van der Waals surface area contributed by atoms with Gasteiger partial charge in [0.15, 0.2) is 0 Å². The maximum absolute atomic E-state index is 11.8. The van der Waals surface area contributed by atoms with E-state index in [-0.39, 0.29) is 23.0 Å². The number of hydrogen-bond donors (Lipinski definition) is 2. The minimum absolute atomic E-state index is 0.00857. The molecule has 15 heavy (non-hydrogen) atoms. The van der Waals surface area contributed by atoms with Crippen LogP contribution in [0.4, 0.5) is 0 Å². The van der Waals surface area contributed by atoms with E-state index in [1.807, 2.05) is 27.7 Å². The largest absolute Gasteiger partial charge is 0.350 e. The Balaban J connectivity index is 4.23. The van der Waals surface area contributed by atoms with E-state index in [0.29, 0.717) is 0 Å². The molecule has 3 nitrogen and oxygen atoms in total. The Bertz CT molecular complexity index is 216. The Hall–Kier alpha value is -0.570. The van der Waals surface area contributed by atoms with Crippen molar-refractivity contribution in [1.82, 2.24) is 10.6 Å².